The van der Waals surface area contributed by atoms with Gasteiger partial charge < -0.3 is 10.1 Å². The van der Waals surface area contributed by atoms with Gasteiger partial charge in [0.05, 0.1) is 29.6 Å². The number of aryl methyl sites for hydroxylation is 3. The second-order valence-corrected chi connectivity index (χ2v) is 7.56. The molecular weight excluding hydrogens is 388 g/mol. The summed E-state index contributed by atoms with van der Waals surface area (Å²) >= 11 is 0. The molecule has 2 aromatic heterocycles. The van der Waals surface area contributed by atoms with Crippen LogP contribution in [0.2, 0.25) is 0 Å². The molecule has 4 aromatic rings. The minimum absolute atomic E-state index is 0.0956. The average molecular weight is 415 g/mol. The first-order valence-electron chi connectivity index (χ1n) is 10.4. The summed E-state index contributed by atoms with van der Waals surface area (Å²) in [5.41, 5.74) is 5.26. The molecule has 4 rings (SSSR count). The summed E-state index contributed by atoms with van der Waals surface area (Å²) in [6.45, 7) is 5.38. The van der Waals surface area contributed by atoms with Crippen LogP contribution in [-0.2, 0) is 6.54 Å². The van der Waals surface area contributed by atoms with Crippen molar-refractivity contribution in [1.29, 1.82) is 0 Å². The Morgan fingerprint density at radius 3 is 2.55 bits per heavy atom. The SMILES string of the molecule is COc1ccc(-c2cc(C(=O)NCCCn3nc(C)cc3C)c3ccccc3n2)cc1. The maximum atomic E-state index is 13.0. The molecule has 0 spiro atoms. The average Bonchev–Trinajstić information content (AvgIpc) is 3.12. The van der Waals surface area contributed by atoms with Crippen molar-refractivity contribution >= 4 is 16.8 Å². The van der Waals surface area contributed by atoms with Crippen molar-refractivity contribution in [3.63, 3.8) is 0 Å². The molecule has 0 aliphatic carbocycles. The topological polar surface area (TPSA) is 69.0 Å². The van der Waals surface area contributed by atoms with Crippen LogP contribution in [0.1, 0.15) is 28.2 Å². The van der Waals surface area contributed by atoms with Gasteiger partial charge >= 0.3 is 0 Å². The maximum absolute atomic E-state index is 13.0. The largest absolute Gasteiger partial charge is 0.497 e. The molecule has 1 N–H and O–H groups in total. The predicted molar refractivity (Wildman–Crippen MR) is 122 cm³/mol. The predicted octanol–water partition coefficient (Wildman–Crippen LogP) is 4.54. The quantitative estimate of drug-likeness (QED) is 0.451. The van der Waals surface area contributed by atoms with Gasteiger partial charge in [0, 0.05) is 29.7 Å². The molecule has 2 heterocycles. The van der Waals surface area contributed by atoms with E-state index in [0.29, 0.717) is 12.1 Å². The molecule has 0 fully saturated rings. The van der Waals surface area contributed by atoms with Crippen LogP contribution in [0.3, 0.4) is 0 Å². The zero-order valence-corrected chi connectivity index (χ0v) is 18.1. The summed E-state index contributed by atoms with van der Waals surface area (Å²) in [6.07, 6.45) is 0.808. The van der Waals surface area contributed by atoms with E-state index in [1.807, 2.05) is 73.1 Å². The Morgan fingerprint density at radius 2 is 1.84 bits per heavy atom. The monoisotopic (exact) mass is 414 g/mol. The van der Waals surface area contributed by atoms with Crippen LogP contribution < -0.4 is 10.1 Å². The highest BCUT2D eigenvalue weighted by Gasteiger charge is 2.14. The van der Waals surface area contributed by atoms with Crippen LogP contribution in [0.4, 0.5) is 0 Å². The molecule has 6 nitrogen and oxygen atoms in total. The van der Waals surface area contributed by atoms with E-state index in [0.717, 1.165) is 52.3 Å². The molecule has 1 amide bonds. The van der Waals surface area contributed by atoms with E-state index in [9.17, 15) is 4.79 Å². The summed E-state index contributed by atoms with van der Waals surface area (Å²) in [5, 5.41) is 8.37. The minimum Gasteiger partial charge on any atom is -0.497 e. The van der Waals surface area contributed by atoms with E-state index in [-0.39, 0.29) is 5.91 Å². The first-order valence-corrected chi connectivity index (χ1v) is 10.4. The van der Waals surface area contributed by atoms with E-state index in [1.165, 1.54) is 0 Å². The fraction of sp³-hybridized carbons (Fsp3) is 0.240. The summed E-state index contributed by atoms with van der Waals surface area (Å²) in [4.78, 5) is 17.8. The molecule has 158 valence electrons. The number of hydrogen-bond acceptors (Lipinski definition) is 4. The molecule has 2 aromatic carbocycles. The smallest absolute Gasteiger partial charge is 0.252 e. The number of carbonyl (C=O) groups excluding carboxylic acids is 1. The van der Waals surface area contributed by atoms with Gasteiger partial charge in [0.1, 0.15) is 5.75 Å². The lowest BCUT2D eigenvalue weighted by atomic mass is 10.0. The van der Waals surface area contributed by atoms with E-state index in [1.54, 1.807) is 7.11 Å². The fourth-order valence-corrected chi connectivity index (χ4v) is 3.70. The van der Waals surface area contributed by atoms with Gasteiger partial charge in [0.2, 0.25) is 0 Å². The Labute approximate surface area is 181 Å². The number of pyridine rings is 1. The number of nitrogens with zero attached hydrogens (tertiary/aromatic N) is 3. The molecule has 6 heteroatoms. The Kier molecular flexibility index (Phi) is 5.98. The molecule has 0 bridgehead atoms. The van der Waals surface area contributed by atoms with E-state index in [4.69, 9.17) is 9.72 Å². The van der Waals surface area contributed by atoms with Crippen LogP contribution in [0, 0.1) is 13.8 Å². The summed E-state index contributed by atoms with van der Waals surface area (Å²) in [7, 11) is 1.64. The maximum Gasteiger partial charge on any atom is 0.252 e. The first kappa shape index (κ1) is 20.6. The summed E-state index contributed by atoms with van der Waals surface area (Å²) in [5.74, 6) is 0.687. The normalized spacial score (nSPS) is 10.9. The third-order valence-electron chi connectivity index (χ3n) is 5.28. The van der Waals surface area contributed by atoms with Crippen LogP contribution in [0.15, 0.2) is 60.7 Å². The Hall–Kier alpha value is -3.67. The molecule has 0 aliphatic rings. The van der Waals surface area contributed by atoms with Gasteiger partial charge in [0.15, 0.2) is 0 Å². The standard InChI is InChI=1S/C25H26N4O2/c1-17-15-18(2)29(28-17)14-6-13-26-25(30)22-16-24(19-9-11-20(31-3)12-10-19)27-23-8-5-4-7-21(22)23/h4-5,7-12,15-16H,6,13-14H2,1-3H3,(H,26,30). The van der Waals surface area contributed by atoms with Gasteiger partial charge in [0.25, 0.3) is 5.91 Å². The van der Waals surface area contributed by atoms with Crippen molar-refractivity contribution in [1.82, 2.24) is 20.1 Å². The van der Waals surface area contributed by atoms with Gasteiger partial charge in [-0.2, -0.15) is 5.10 Å². The number of hydrogen-bond donors (Lipinski definition) is 1. The number of benzene rings is 2. The van der Waals surface area contributed by atoms with Crippen molar-refractivity contribution in [2.75, 3.05) is 13.7 Å². The molecule has 0 atom stereocenters. The third kappa shape index (κ3) is 4.58. The second-order valence-electron chi connectivity index (χ2n) is 7.56. The van der Waals surface area contributed by atoms with Crippen molar-refractivity contribution < 1.29 is 9.53 Å². The van der Waals surface area contributed by atoms with Crippen LogP contribution >= 0.6 is 0 Å². The first-order chi connectivity index (χ1) is 15.0. The number of carbonyl (C=O) groups is 1. The minimum atomic E-state index is -0.0956. The fourth-order valence-electron chi connectivity index (χ4n) is 3.70. The highest BCUT2D eigenvalue weighted by Crippen LogP contribution is 2.26. The lowest BCUT2D eigenvalue weighted by molar-refractivity contribution is 0.0954. The highest BCUT2D eigenvalue weighted by atomic mass is 16.5. The van der Waals surface area contributed by atoms with E-state index < -0.39 is 0 Å². The Balaban J connectivity index is 1.53. The Bertz CT molecular complexity index is 1210. The number of para-hydroxylation sites is 1. The lowest BCUT2D eigenvalue weighted by Gasteiger charge is -2.11. The number of methoxy groups -OCH3 is 1. The molecule has 0 unspecified atom stereocenters. The van der Waals surface area contributed by atoms with Gasteiger partial charge in [-0.25, -0.2) is 4.98 Å². The number of aromatic nitrogens is 3. The van der Waals surface area contributed by atoms with Gasteiger partial charge in [-0.1, -0.05) is 18.2 Å². The zero-order chi connectivity index (χ0) is 21.8. The van der Waals surface area contributed by atoms with Crippen molar-refractivity contribution in [3.05, 3.63) is 77.6 Å². The van der Waals surface area contributed by atoms with Crippen molar-refractivity contribution in [3.8, 4) is 17.0 Å². The highest BCUT2D eigenvalue weighted by molar-refractivity contribution is 6.07. The molecule has 0 saturated carbocycles. The van der Waals surface area contributed by atoms with E-state index in [2.05, 4.69) is 16.5 Å². The molecular formula is C25H26N4O2. The van der Waals surface area contributed by atoms with Gasteiger partial charge in [-0.15, -0.1) is 0 Å². The Morgan fingerprint density at radius 1 is 1.06 bits per heavy atom. The van der Waals surface area contributed by atoms with Crippen LogP contribution in [0.5, 0.6) is 5.75 Å². The number of rotatable bonds is 7. The summed E-state index contributed by atoms with van der Waals surface area (Å²) < 4.78 is 7.22. The van der Waals surface area contributed by atoms with Gasteiger partial charge in [-0.05, 0) is 62.7 Å². The number of amides is 1. The molecule has 0 aliphatic heterocycles. The number of ether oxygens (including phenoxy) is 1. The number of fused-ring (bicyclic) bond motifs is 1. The third-order valence-corrected chi connectivity index (χ3v) is 5.28. The van der Waals surface area contributed by atoms with E-state index >= 15 is 0 Å². The van der Waals surface area contributed by atoms with Crippen LogP contribution in [0.25, 0.3) is 22.2 Å². The zero-order valence-electron chi connectivity index (χ0n) is 18.1. The lowest BCUT2D eigenvalue weighted by Crippen LogP contribution is -2.26. The number of nitrogens with one attached hydrogen (secondary N) is 1. The molecule has 0 radical (unpaired) electrons. The van der Waals surface area contributed by atoms with Crippen molar-refractivity contribution in [2.24, 2.45) is 0 Å². The molecule has 0 saturated heterocycles. The van der Waals surface area contributed by atoms with Gasteiger partial charge in [-0.3, -0.25) is 9.48 Å². The summed E-state index contributed by atoms with van der Waals surface area (Å²) in [6, 6.07) is 19.3. The second kappa shape index (κ2) is 9.00. The molecule has 31 heavy (non-hydrogen) atoms. The van der Waals surface area contributed by atoms with Crippen molar-refractivity contribution in [2.45, 2.75) is 26.8 Å². The van der Waals surface area contributed by atoms with Crippen LogP contribution in [-0.4, -0.2) is 34.3 Å².